The number of rotatable bonds is 2. The topological polar surface area (TPSA) is 49.6 Å². The SMILES string of the molecule is O=C(c1ccoc1)N1CCN(c2nc3ccccc3s2)CC1. The predicted octanol–water partition coefficient (Wildman–Crippen LogP) is 2.85. The lowest BCUT2D eigenvalue weighted by Gasteiger charge is -2.34. The number of benzene rings is 1. The molecule has 0 bridgehead atoms. The monoisotopic (exact) mass is 313 g/mol. The molecule has 2 aromatic heterocycles. The molecule has 3 heterocycles. The molecule has 22 heavy (non-hydrogen) atoms. The van der Waals surface area contributed by atoms with Crippen molar-refractivity contribution >= 4 is 32.6 Å². The summed E-state index contributed by atoms with van der Waals surface area (Å²) in [6, 6.07) is 9.88. The van der Waals surface area contributed by atoms with Gasteiger partial charge in [0.05, 0.1) is 22.0 Å². The molecular formula is C16H15N3O2S. The van der Waals surface area contributed by atoms with Gasteiger partial charge in [0.25, 0.3) is 5.91 Å². The van der Waals surface area contributed by atoms with Crippen LogP contribution in [0.3, 0.4) is 0 Å². The van der Waals surface area contributed by atoms with Gasteiger partial charge >= 0.3 is 0 Å². The Balaban J connectivity index is 1.46. The summed E-state index contributed by atoms with van der Waals surface area (Å²) in [5, 5.41) is 1.04. The Kier molecular flexibility index (Phi) is 3.31. The molecule has 0 spiro atoms. The number of hydrogen-bond donors (Lipinski definition) is 0. The number of furan rings is 1. The Labute approximate surface area is 131 Å². The van der Waals surface area contributed by atoms with Gasteiger partial charge in [0.2, 0.25) is 0 Å². The zero-order chi connectivity index (χ0) is 14.9. The van der Waals surface area contributed by atoms with Crippen LogP contribution >= 0.6 is 11.3 Å². The first-order valence-corrected chi connectivity index (χ1v) is 8.05. The van der Waals surface area contributed by atoms with Crippen molar-refractivity contribution < 1.29 is 9.21 Å². The summed E-state index contributed by atoms with van der Waals surface area (Å²) < 4.78 is 6.19. The van der Waals surface area contributed by atoms with E-state index < -0.39 is 0 Å². The van der Waals surface area contributed by atoms with E-state index in [2.05, 4.69) is 16.0 Å². The number of aromatic nitrogens is 1. The molecule has 0 radical (unpaired) electrons. The number of carbonyl (C=O) groups excluding carboxylic acids is 1. The summed E-state index contributed by atoms with van der Waals surface area (Å²) in [6.07, 6.45) is 3.03. The molecule has 3 aromatic rings. The van der Waals surface area contributed by atoms with E-state index in [-0.39, 0.29) is 5.91 Å². The lowest BCUT2D eigenvalue weighted by molar-refractivity contribution is 0.0746. The quantitative estimate of drug-likeness (QED) is 0.730. The minimum absolute atomic E-state index is 0.0395. The number of fused-ring (bicyclic) bond motifs is 1. The van der Waals surface area contributed by atoms with Crippen molar-refractivity contribution in [3.05, 3.63) is 48.4 Å². The molecule has 0 aliphatic carbocycles. The fourth-order valence-corrected chi connectivity index (χ4v) is 3.68. The molecule has 0 unspecified atom stereocenters. The number of nitrogens with zero attached hydrogens (tertiary/aromatic N) is 3. The lowest BCUT2D eigenvalue weighted by Crippen LogP contribution is -2.48. The molecule has 1 fully saturated rings. The third-order valence-corrected chi connectivity index (χ3v) is 4.99. The largest absolute Gasteiger partial charge is 0.472 e. The maximum Gasteiger partial charge on any atom is 0.257 e. The third-order valence-electron chi connectivity index (χ3n) is 3.89. The number of hydrogen-bond acceptors (Lipinski definition) is 5. The molecule has 1 aliphatic rings. The van der Waals surface area contributed by atoms with Gasteiger partial charge in [-0.05, 0) is 18.2 Å². The minimum atomic E-state index is 0.0395. The van der Waals surface area contributed by atoms with Crippen molar-refractivity contribution in [3.8, 4) is 0 Å². The van der Waals surface area contributed by atoms with Gasteiger partial charge in [-0.1, -0.05) is 23.5 Å². The third kappa shape index (κ3) is 2.35. The van der Waals surface area contributed by atoms with Gasteiger partial charge in [0.15, 0.2) is 5.13 Å². The molecule has 0 N–H and O–H groups in total. The fraction of sp³-hybridized carbons (Fsp3) is 0.250. The van der Waals surface area contributed by atoms with Crippen LogP contribution in [-0.2, 0) is 0 Å². The first-order chi connectivity index (χ1) is 10.8. The second-order valence-electron chi connectivity index (χ2n) is 5.26. The summed E-state index contributed by atoms with van der Waals surface area (Å²) in [5.41, 5.74) is 1.66. The number of amides is 1. The molecule has 1 amide bonds. The van der Waals surface area contributed by atoms with Crippen molar-refractivity contribution in [3.63, 3.8) is 0 Å². The van der Waals surface area contributed by atoms with E-state index in [1.165, 1.54) is 17.2 Å². The normalized spacial score (nSPS) is 15.5. The van der Waals surface area contributed by atoms with Crippen molar-refractivity contribution in [2.75, 3.05) is 31.1 Å². The van der Waals surface area contributed by atoms with E-state index in [0.717, 1.165) is 23.7 Å². The summed E-state index contributed by atoms with van der Waals surface area (Å²) in [6.45, 7) is 3.03. The summed E-state index contributed by atoms with van der Waals surface area (Å²) in [5.74, 6) is 0.0395. The van der Waals surface area contributed by atoms with Gasteiger partial charge < -0.3 is 14.2 Å². The molecule has 5 nitrogen and oxygen atoms in total. The highest BCUT2D eigenvalue weighted by atomic mass is 32.1. The fourth-order valence-electron chi connectivity index (χ4n) is 2.66. The van der Waals surface area contributed by atoms with Crippen molar-refractivity contribution in [1.82, 2.24) is 9.88 Å². The number of thiazole rings is 1. The van der Waals surface area contributed by atoms with E-state index in [1.807, 2.05) is 23.1 Å². The Morgan fingerprint density at radius 2 is 1.95 bits per heavy atom. The summed E-state index contributed by atoms with van der Waals surface area (Å²) in [4.78, 5) is 21.1. The number of piperazine rings is 1. The van der Waals surface area contributed by atoms with E-state index in [9.17, 15) is 4.79 Å². The number of para-hydroxylation sites is 1. The zero-order valence-electron chi connectivity index (χ0n) is 11.9. The predicted molar refractivity (Wildman–Crippen MR) is 86.4 cm³/mol. The van der Waals surface area contributed by atoms with Gasteiger partial charge in [0, 0.05) is 26.2 Å². The lowest BCUT2D eigenvalue weighted by atomic mass is 10.2. The summed E-state index contributed by atoms with van der Waals surface area (Å²) >= 11 is 1.71. The van der Waals surface area contributed by atoms with E-state index in [0.29, 0.717) is 18.7 Å². The van der Waals surface area contributed by atoms with Crippen molar-refractivity contribution in [2.24, 2.45) is 0 Å². The second kappa shape index (κ2) is 5.46. The maximum atomic E-state index is 12.3. The minimum Gasteiger partial charge on any atom is -0.472 e. The molecule has 6 heteroatoms. The highest BCUT2D eigenvalue weighted by Crippen LogP contribution is 2.29. The average molecular weight is 313 g/mol. The van der Waals surface area contributed by atoms with E-state index in [4.69, 9.17) is 4.42 Å². The summed E-state index contributed by atoms with van der Waals surface area (Å²) in [7, 11) is 0. The number of carbonyl (C=O) groups is 1. The van der Waals surface area contributed by atoms with Crippen LogP contribution in [0.4, 0.5) is 5.13 Å². The van der Waals surface area contributed by atoms with E-state index in [1.54, 1.807) is 17.4 Å². The molecule has 112 valence electrons. The van der Waals surface area contributed by atoms with Gasteiger partial charge in [0.1, 0.15) is 6.26 Å². The molecule has 0 saturated carbocycles. The Hall–Kier alpha value is -2.34. The smallest absolute Gasteiger partial charge is 0.257 e. The molecule has 1 aromatic carbocycles. The van der Waals surface area contributed by atoms with Crippen LogP contribution in [0.25, 0.3) is 10.2 Å². The second-order valence-corrected chi connectivity index (χ2v) is 6.26. The van der Waals surface area contributed by atoms with Crippen LogP contribution in [-0.4, -0.2) is 42.0 Å². The van der Waals surface area contributed by atoms with Gasteiger partial charge in [-0.2, -0.15) is 0 Å². The van der Waals surface area contributed by atoms with Crippen LogP contribution in [0.15, 0.2) is 47.3 Å². The van der Waals surface area contributed by atoms with Crippen LogP contribution in [0.1, 0.15) is 10.4 Å². The van der Waals surface area contributed by atoms with Crippen LogP contribution in [0.5, 0.6) is 0 Å². The highest BCUT2D eigenvalue weighted by Gasteiger charge is 2.24. The van der Waals surface area contributed by atoms with Crippen molar-refractivity contribution in [1.29, 1.82) is 0 Å². The first kappa shape index (κ1) is 13.3. The molecular weight excluding hydrogens is 298 g/mol. The number of anilines is 1. The molecule has 4 rings (SSSR count). The van der Waals surface area contributed by atoms with Gasteiger partial charge in [-0.15, -0.1) is 0 Å². The Bertz CT molecular complexity index is 756. The Morgan fingerprint density at radius 3 is 2.68 bits per heavy atom. The van der Waals surface area contributed by atoms with Crippen molar-refractivity contribution in [2.45, 2.75) is 0 Å². The van der Waals surface area contributed by atoms with Crippen LogP contribution < -0.4 is 4.90 Å². The van der Waals surface area contributed by atoms with Gasteiger partial charge in [-0.25, -0.2) is 4.98 Å². The molecule has 1 aliphatic heterocycles. The highest BCUT2D eigenvalue weighted by molar-refractivity contribution is 7.22. The molecule has 0 atom stereocenters. The first-order valence-electron chi connectivity index (χ1n) is 7.23. The van der Waals surface area contributed by atoms with E-state index >= 15 is 0 Å². The van der Waals surface area contributed by atoms with Gasteiger partial charge in [-0.3, -0.25) is 4.79 Å². The molecule has 1 saturated heterocycles. The van der Waals surface area contributed by atoms with Crippen LogP contribution in [0.2, 0.25) is 0 Å². The standard InChI is InChI=1S/C16H15N3O2S/c20-15(12-5-10-21-11-12)18-6-8-19(9-7-18)16-17-13-3-1-2-4-14(13)22-16/h1-5,10-11H,6-9H2. The zero-order valence-corrected chi connectivity index (χ0v) is 12.8. The average Bonchev–Trinajstić information content (AvgIpc) is 3.23. The maximum absolute atomic E-state index is 12.3. The van der Waals surface area contributed by atoms with Crippen LogP contribution in [0, 0.1) is 0 Å². The Morgan fingerprint density at radius 1 is 1.14 bits per heavy atom.